The molecule has 12 heteroatoms. The van der Waals surface area contributed by atoms with Gasteiger partial charge < -0.3 is 24.4 Å². The first-order chi connectivity index (χ1) is 20.2. The SMILES string of the molecule is COc1ccc(CNC(=O)[C@@H](C)N(Cc2ccc(F)cc2)C(=O)COc2ccc(S(=O)(=O)N3CCOCC3)cc2)cc1. The summed E-state index contributed by atoms with van der Waals surface area (Å²) in [6, 6.07) is 17.9. The van der Waals surface area contributed by atoms with Crippen LogP contribution in [0.4, 0.5) is 4.39 Å². The summed E-state index contributed by atoms with van der Waals surface area (Å²) in [5, 5.41) is 2.84. The van der Waals surface area contributed by atoms with Crippen molar-refractivity contribution in [3.05, 3.63) is 89.7 Å². The van der Waals surface area contributed by atoms with E-state index in [1.165, 1.54) is 45.6 Å². The summed E-state index contributed by atoms with van der Waals surface area (Å²) in [4.78, 5) is 27.9. The molecule has 0 unspecified atom stereocenters. The zero-order valence-electron chi connectivity index (χ0n) is 23.5. The van der Waals surface area contributed by atoms with Gasteiger partial charge in [-0.2, -0.15) is 4.31 Å². The van der Waals surface area contributed by atoms with Gasteiger partial charge in [0.15, 0.2) is 6.61 Å². The number of rotatable bonds is 12. The van der Waals surface area contributed by atoms with E-state index in [2.05, 4.69) is 5.32 Å². The highest BCUT2D eigenvalue weighted by molar-refractivity contribution is 7.89. The Kier molecular flexibility index (Phi) is 10.5. The van der Waals surface area contributed by atoms with Gasteiger partial charge in [-0.25, -0.2) is 12.8 Å². The number of methoxy groups -OCH3 is 1. The first-order valence-corrected chi connectivity index (χ1v) is 14.9. The van der Waals surface area contributed by atoms with E-state index >= 15 is 0 Å². The smallest absolute Gasteiger partial charge is 0.261 e. The summed E-state index contributed by atoms with van der Waals surface area (Å²) in [6.45, 7) is 2.76. The summed E-state index contributed by atoms with van der Waals surface area (Å²) in [6.07, 6.45) is 0. The molecule has 42 heavy (non-hydrogen) atoms. The lowest BCUT2D eigenvalue weighted by Gasteiger charge is -2.29. The molecule has 3 aromatic rings. The normalized spacial score (nSPS) is 14.5. The molecule has 3 aromatic carbocycles. The summed E-state index contributed by atoms with van der Waals surface area (Å²) in [5.41, 5.74) is 1.49. The number of carbonyl (C=O) groups is 2. The van der Waals surface area contributed by atoms with E-state index in [9.17, 15) is 22.4 Å². The van der Waals surface area contributed by atoms with Crippen molar-refractivity contribution in [3.8, 4) is 11.5 Å². The van der Waals surface area contributed by atoms with Crippen LogP contribution in [-0.2, 0) is 37.4 Å². The molecule has 0 saturated carbocycles. The lowest BCUT2D eigenvalue weighted by atomic mass is 10.1. The number of amides is 2. The van der Waals surface area contributed by atoms with Crippen molar-refractivity contribution in [3.63, 3.8) is 0 Å². The Labute approximate surface area is 245 Å². The van der Waals surface area contributed by atoms with Crippen LogP contribution in [-0.4, -0.2) is 75.5 Å². The van der Waals surface area contributed by atoms with Crippen LogP contribution in [0.5, 0.6) is 11.5 Å². The van der Waals surface area contributed by atoms with Crippen LogP contribution < -0.4 is 14.8 Å². The molecule has 1 fully saturated rings. The molecule has 224 valence electrons. The molecule has 0 aromatic heterocycles. The largest absolute Gasteiger partial charge is 0.497 e. The summed E-state index contributed by atoms with van der Waals surface area (Å²) < 4.78 is 56.6. The molecule has 0 radical (unpaired) electrons. The predicted molar refractivity (Wildman–Crippen MR) is 153 cm³/mol. The standard InChI is InChI=1S/C30H34FN3O7S/c1-22(30(36)32-19-23-5-9-26(39-2)10-6-23)34(20-24-3-7-25(31)8-4-24)29(35)21-41-27-11-13-28(14-12-27)42(37,38)33-15-17-40-18-16-33/h3-14,22H,15-21H2,1-2H3,(H,32,36)/t22-/m1/s1. The first kappa shape index (κ1) is 30.9. The Bertz CT molecular complexity index is 1440. The number of hydrogen-bond acceptors (Lipinski definition) is 7. The molecule has 1 aliphatic heterocycles. The quantitative estimate of drug-likeness (QED) is 0.341. The molecular weight excluding hydrogens is 565 g/mol. The number of nitrogens with zero attached hydrogens (tertiary/aromatic N) is 2. The van der Waals surface area contributed by atoms with Crippen molar-refractivity contribution in [1.29, 1.82) is 0 Å². The van der Waals surface area contributed by atoms with E-state index in [0.717, 1.165) is 5.56 Å². The van der Waals surface area contributed by atoms with Crippen LogP contribution in [0, 0.1) is 5.82 Å². The van der Waals surface area contributed by atoms with Crippen LogP contribution >= 0.6 is 0 Å². The van der Waals surface area contributed by atoms with Gasteiger partial charge in [-0.1, -0.05) is 24.3 Å². The minimum atomic E-state index is -3.67. The highest BCUT2D eigenvalue weighted by atomic mass is 32.2. The average Bonchev–Trinajstić information content (AvgIpc) is 3.02. The lowest BCUT2D eigenvalue weighted by molar-refractivity contribution is -0.142. The fourth-order valence-electron chi connectivity index (χ4n) is 4.32. The molecule has 0 aliphatic carbocycles. The van der Waals surface area contributed by atoms with Crippen molar-refractivity contribution in [2.24, 2.45) is 0 Å². The van der Waals surface area contributed by atoms with Crippen molar-refractivity contribution in [2.45, 2.75) is 31.0 Å². The van der Waals surface area contributed by atoms with E-state index in [1.54, 1.807) is 38.3 Å². The molecule has 2 amide bonds. The van der Waals surface area contributed by atoms with Gasteiger partial charge in [-0.05, 0) is 66.6 Å². The maximum absolute atomic E-state index is 13.5. The fraction of sp³-hybridized carbons (Fsp3) is 0.333. The molecule has 1 heterocycles. The molecule has 1 saturated heterocycles. The summed E-state index contributed by atoms with van der Waals surface area (Å²) in [5.74, 6) is -0.273. The number of hydrogen-bond donors (Lipinski definition) is 1. The van der Waals surface area contributed by atoms with Crippen LogP contribution in [0.15, 0.2) is 77.7 Å². The molecule has 10 nitrogen and oxygen atoms in total. The van der Waals surface area contributed by atoms with Gasteiger partial charge in [0.25, 0.3) is 5.91 Å². The minimum absolute atomic E-state index is 0.0519. The third-order valence-corrected chi connectivity index (χ3v) is 8.77. The second-order valence-corrected chi connectivity index (χ2v) is 11.6. The zero-order valence-corrected chi connectivity index (χ0v) is 24.3. The highest BCUT2D eigenvalue weighted by Gasteiger charge is 2.28. The molecule has 0 bridgehead atoms. The Morgan fingerprint density at radius 2 is 1.55 bits per heavy atom. The summed E-state index contributed by atoms with van der Waals surface area (Å²) in [7, 11) is -2.10. The van der Waals surface area contributed by atoms with E-state index in [-0.39, 0.29) is 37.0 Å². The highest BCUT2D eigenvalue weighted by Crippen LogP contribution is 2.21. The van der Waals surface area contributed by atoms with Gasteiger partial charge in [0.05, 0.1) is 25.2 Å². The van der Waals surface area contributed by atoms with Gasteiger partial charge in [-0.3, -0.25) is 9.59 Å². The van der Waals surface area contributed by atoms with Gasteiger partial charge >= 0.3 is 0 Å². The Balaban J connectivity index is 1.41. The lowest BCUT2D eigenvalue weighted by Crippen LogP contribution is -2.48. The van der Waals surface area contributed by atoms with Crippen LogP contribution in [0.25, 0.3) is 0 Å². The van der Waals surface area contributed by atoms with Crippen LogP contribution in [0.2, 0.25) is 0 Å². The number of carbonyl (C=O) groups excluding carboxylic acids is 2. The van der Waals surface area contributed by atoms with E-state index < -0.39 is 34.4 Å². The third kappa shape index (κ3) is 8.05. The van der Waals surface area contributed by atoms with Gasteiger partial charge in [0, 0.05) is 26.2 Å². The van der Waals surface area contributed by atoms with E-state index in [0.29, 0.717) is 30.3 Å². The van der Waals surface area contributed by atoms with Crippen molar-refractivity contribution in [2.75, 3.05) is 40.0 Å². The Morgan fingerprint density at radius 3 is 2.17 bits per heavy atom. The molecule has 4 rings (SSSR count). The van der Waals surface area contributed by atoms with Crippen molar-refractivity contribution < 1.29 is 36.6 Å². The predicted octanol–water partition coefficient (Wildman–Crippen LogP) is 2.97. The van der Waals surface area contributed by atoms with E-state index in [4.69, 9.17) is 14.2 Å². The topological polar surface area (TPSA) is 114 Å². The Hall–Kier alpha value is -4.00. The average molecular weight is 600 g/mol. The maximum atomic E-state index is 13.5. The number of ether oxygens (including phenoxy) is 3. The molecule has 1 aliphatic rings. The first-order valence-electron chi connectivity index (χ1n) is 13.4. The maximum Gasteiger partial charge on any atom is 0.261 e. The number of nitrogens with one attached hydrogen (secondary N) is 1. The third-order valence-electron chi connectivity index (χ3n) is 6.85. The molecule has 1 N–H and O–H groups in total. The number of halogens is 1. The molecular formula is C30H34FN3O7S. The Morgan fingerprint density at radius 1 is 0.952 bits per heavy atom. The van der Waals surface area contributed by atoms with Crippen LogP contribution in [0.1, 0.15) is 18.1 Å². The number of sulfonamides is 1. The minimum Gasteiger partial charge on any atom is -0.497 e. The van der Waals surface area contributed by atoms with Crippen LogP contribution in [0.3, 0.4) is 0 Å². The van der Waals surface area contributed by atoms with Crippen molar-refractivity contribution >= 4 is 21.8 Å². The second-order valence-electron chi connectivity index (χ2n) is 9.67. The molecule has 0 spiro atoms. The zero-order chi connectivity index (χ0) is 30.1. The summed E-state index contributed by atoms with van der Waals surface area (Å²) >= 11 is 0. The molecule has 1 atom stereocenters. The van der Waals surface area contributed by atoms with E-state index in [1.807, 2.05) is 12.1 Å². The van der Waals surface area contributed by atoms with Gasteiger partial charge in [-0.15, -0.1) is 0 Å². The number of morpholine rings is 1. The van der Waals surface area contributed by atoms with Crippen molar-refractivity contribution in [1.82, 2.24) is 14.5 Å². The van der Waals surface area contributed by atoms with Gasteiger partial charge in [0.1, 0.15) is 23.4 Å². The van der Waals surface area contributed by atoms with Gasteiger partial charge in [0.2, 0.25) is 15.9 Å². The number of benzene rings is 3. The fourth-order valence-corrected chi connectivity index (χ4v) is 5.73. The monoisotopic (exact) mass is 599 g/mol. The second kappa shape index (κ2) is 14.3.